The van der Waals surface area contributed by atoms with Crippen molar-refractivity contribution < 1.29 is 31.1 Å². The van der Waals surface area contributed by atoms with Gasteiger partial charge in [-0.05, 0) is 37.5 Å². The minimum Gasteiger partial charge on any atom is -0.405 e. The van der Waals surface area contributed by atoms with Crippen LogP contribution in [0.3, 0.4) is 0 Å². The van der Waals surface area contributed by atoms with Gasteiger partial charge in [-0.3, -0.25) is 4.79 Å². The molecule has 5 nitrogen and oxygen atoms in total. The van der Waals surface area contributed by atoms with Gasteiger partial charge in [0, 0.05) is 19.3 Å². The normalized spacial score (nSPS) is 16.3. The molecule has 0 spiro atoms. The molecule has 0 radical (unpaired) electrons. The van der Waals surface area contributed by atoms with Crippen molar-refractivity contribution in [3.63, 3.8) is 0 Å². The van der Waals surface area contributed by atoms with Crippen molar-refractivity contribution in [2.24, 2.45) is 0 Å². The molecule has 1 fully saturated rings. The topological polar surface area (TPSA) is 63.7 Å². The highest BCUT2D eigenvalue weighted by atomic mass is 32.2. The molecule has 1 aliphatic rings. The maximum Gasteiger partial charge on any atom is 0.573 e. The summed E-state index contributed by atoms with van der Waals surface area (Å²) in [6, 6.07) is 2.91. The number of rotatable bonds is 3. The highest BCUT2D eigenvalue weighted by Crippen LogP contribution is 2.30. The predicted octanol–water partition coefficient (Wildman–Crippen LogP) is 2.61. The molecule has 0 atom stereocenters. The second-order valence-electron chi connectivity index (χ2n) is 5.33. The van der Waals surface area contributed by atoms with Crippen molar-refractivity contribution in [1.82, 2.24) is 4.90 Å². The molecule has 1 aliphatic heterocycles. The van der Waals surface area contributed by atoms with Crippen LogP contribution in [0, 0.1) is 0 Å². The molecule has 1 amide bonds. The molecule has 0 aromatic heterocycles. The van der Waals surface area contributed by atoms with Crippen molar-refractivity contribution in [1.29, 1.82) is 0 Å². The fourth-order valence-corrected chi connectivity index (χ4v) is 3.02. The van der Waals surface area contributed by atoms with Gasteiger partial charge in [0.15, 0.2) is 9.84 Å². The second kappa shape index (κ2) is 6.38. The third kappa shape index (κ3) is 4.60. The number of piperidine rings is 1. The van der Waals surface area contributed by atoms with Gasteiger partial charge in [-0.2, -0.15) is 0 Å². The molecule has 0 unspecified atom stereocenters. The summed E-state index contributed by atoms with van der Waals surface area (Å²) in [6.07, 6.45) is -1.63. The Morgan fingerprint density at radius 1 is 1.17 bits per heavy atom. The van der Waals surface area contributed by atoms with Gasteiger partial charge in [0.2, 0.25) is 0 Å². The van der Waals surface area contributed by atoms with Crippen LogP contribution in [0.1, 0.15) is 29.6 Å². The van der Waals surface area contributed by atoms with E-state index in [-0.39, 0.29) is 10.5 Å². The van der Waals surface area contributed by atoms with Gasteiger partial charge in [0.1, 0.15) is 5.75 Å². The molecule has 128 valence electrons. The summed E-state index contributed by atoms with van der Waals surface area (Å²) >= 11 is 0. The van der Waals surface area contributed by atoms with E-state index in [0.717, 1.165) is 43.7 Å². The Hall–Kier alpha value is -1.77. The van der Waals surface area contributed by atoms with E-state index in [1.165, 1.54) is 4.90 Å². The number of sulfone groups is 1. The van der Waals surface area contributed by atoms with Crippen LogP contribution in [0.2, 0.25) is 0 Å². The van der Waals surface area contributed by atoms with E-state index < -0.39 is 27.9 Å². The van der Waals surface area contributed by atoms with Gasteiger partial charge >= 0.3 is 6.36 Å². The fraction of sp³-hybridized carbons (Fsp3) is 0.500. The van der Waals surface area contributed by atoms with Crippen LogP contribution in [-0.2, 0) is 9.84 Å². The van der Waals surface area contributed by atoms with Gasteiger partial charge in [0.25, 0.3) is 5.91 Å². The van der Waals surface area contributed by atoms with Crippen LogP contribution >= 0.6 is 0 Å². The molecule has 9 heteroatoms. The summed E-state index contributed by atoms with van der Waals surface area (Å²) < 4.78 is 64.5. The lowest BCUT2D eigenvalue weighted by Gasteiger charge is -2.27. The van der Waals surface area contributed by atoms with Crippen molar-refractivity contribution in [2.45, 2.75) is 30.5 Å². The zero-order valence-corrected chi connectivity index (χ0v) is 13.2. The second-order valence-corrected chi connectivity index (χ2v) is 7.35. The number of hydrogen-bond donors (Lipinski definition) is 0. The molecular weight excluding hydrogens is 335 g/mol. The van der Waals surface area contributed by atoms with Crippen LogP contribution in [0.15, 0.2) is 23.1 Å². The number of hydrogen-bond acceptors (Lipinski definition) is 4. The minimum atomic E-state index is -5.02. The zero-order valence-electron chi connectivity index (χ0n) is 12.4. The lowest BCUT2D eigenvalue weighted by molar-refractivity contribution is -0.274. The van der Waals surface area contributed by atoms with Crippen molar-refractivity contribution >= 4 is 15.7 Å². The molecule has 2 rings (SSSR count). The zero-order chi connectivity index (χ0) is 17.3. The molecule has 1 saturated heterocycles. The third-order valence-electron chi connectivity index (χ3n) is 3.48. The Morgan fingerprint density at radius 3 is 2.30 bits per heavy atom. The fourth-order valence-electron chi connectivity index (χ4n) is 2.39. The van der Waals surface area contributed by atoms with E-state index in [1.54, 1.807) is 0 Å². The van der Waals surface area contributed by atoms with Crippen molar-refractivity contribution in [3.05, 3.63) is 23.8 Å². The minimum absolute atomic E-state index is 0.295. The Balaban J connectivity index is 2.42. The Kier molecular flexibility index (Phi) is 4.88. The van der Waals surface area contributed by atoms with E-state index in [1.807, 2.05) is 0 Å². The monoisotopic (exact) mass is 351 g/mol. The highest BCUT2D eigenvalue weighted by Gasteiger charge is 2.34. The predicted molar refractivity (Wildman–Crippen MR) is 76.0 cm³/mol. The molecule has 0 bridgehead atoms. The largest absolute Gasteiger partial charge is 0.573 e. The van der Waals surface area contributed by atoms with E-state index in [2.05, 4.69) is 4.74 Å². The number of carbonyl (C=O) groups excluding carboxylic acids is 1. The maximum absolute atomic E-state index is 12.6. The summed E-state index contributed by atoms with van der Waals surface area (Å²) in [7, 11) is -3.72. The lowest BCUT2D eigenvalue weighted by Crippen LogP contribution is -2.36. The van der Waals surface area contributed by atoms with Gasteiger partial charge in [-0.1, -0.05) is 0 Å². The number of ether oxygens (including phenoxy) is 1. The number of amides is 1. The quantitative estimate of drug-likeness (QED) is 0.840. The molecule has 1 heterocycles. The number of benzene rings is 1. The first-order valence-electron chi connectivity index (χ1n) is 6.97. The average Bonchev–Trinajstić information content (AvgIpc) is 2.45. The summed E-state index contributed by atoms with van der Waals surface area (Å²) in [5.41, 5.74) is -0.295. The number of carbonyl (C=O) groups is 1. The van der Waals surface area contributed by atoms with Gasteiger partial charge in [-0.15, -0.1) is 13.2 Å². The maximum atomic E-state index is 12.6. The number of halogens is 3. The van der Waals surface area contributed by atoms with E-state index in [4.69, 9.17) is 0 Å². The first kappa shape index (κ1) is 17.6. The first-order chi connectivity index (χ1) is 10.6. The van der Waals surface area contributed by atoms with Crippen molar-refractivity contribution in [2.75, 3.05) is 19.3 Å². The molecule has 0 N–H and O–H groups in total. The smallest absolute Gasteiger partial charge is 0.405 e. The molecule has 0 saturated carbocycles. The van der Waals surface area contributed by atoms with Gasteiger partial charge in [-0.25, -0.2) is 8.42 Å². The Bertz CT molecular complexity index is 694. The molecule has 23 heavy (non-hydrogen) atoms. The molecule has 1 aromatic carbocycles. The van der Waals surface area contributed by atoms with Crippen LogP contribution < -0.4 is 4.74 Å². The standard InChI is InChI=1S/C14H16F3NO4S/c1-23(20,21)10-5-6-11(12(9-10)22-14(15,16)17)13(19)18-7-3-2-4-8-18/h5-6,9H,2-4,7-8H2,1H3. The number of alkyl halides is 3. The lowest BCUT2D eigenvalue weighted by atomic mass is 10.1. The Morgan fingerprint density at radius 2 is 1.78 bits per heavy atom. The van der Waals surface area contributed by atoms with Crippen LogP contribution in [0.4, 0.5) is 13.2 Å². The van der Waals surface area contributed by atoms with E-state index in [9.17, 15) is 26.4 Å². The molecular formula is C14H16F3NO4S. The van der Waals surface area contributed by atoms with Crippen LogP contribution in [-0.4, -0.2) is 44.9 Å². The summed E-state index contributed by atoms with van der Waals surface area (Å²) in [5.74, 6) is -1.39. The number of nitrogens with zero attached hydrogens (tertiary/aromatic N) is 1. The summed E-state index contributed by atoms with van der Waals surface area (Å²) in [6.45, 7) is 0.913. The molecule has 0 aliphatic carbocycles. The van der Waals surface area contributed by atoms with Crippen LogP contribution in [0.25, 0.3) is 0 Å². The van der Waals surface area contributed by atoms with Gasteiger partial charge < -0.3 is 9.64 Å². The van der Waals surface area contributed by atoms with Crippen LogP contribution in [0.5, 0.6) is 5.75 Å². The SMILES string of the molecule is CS(=O)(=O)c1ccc(C(=O)N2CCCCC2)c(OC(F)(F)F)c1. The van der Waals surface area contributed by atoms with Crippen molar-refractivity contribution in [3.8, 4) is 5.75 Å². The average molecular weight is 351 g/mol. The Labute approximate surface area is 132 Å². The third-order valence-corrected chi connectivity index (χ3v) is 4.59. The van der Waals surface area contributed by atoms with E-state index >= 15 is 0 Å². The molecule has 1 aromatic rings. The summed E-state index contributed by atoms with van der Waals surface area (Å²) in [4.78, 5) is 13.5. The first-order valence-corrected chi connectivity index (χ1v) is 8.86. The van der Waals surface area contributed by atoms with Gasteiger partial charge in [0.05, 0.1) is 10.5 Å². The van der Waals surface area contributed by atoms with E-state index in [0.29, 0.717) is 13.1 Å². The number of likely N-dealkylation sites (tertiary alicyclic amines) is 1. The summed E-state index contributed by atoms with van der Waals surface area (Å²) in [5, 5.41) is 0. The highest BCUT2D eigenvalue weighted by molar-refractivity contribution is 7.90.